The molecule has 2 unspecified atom stereocenters. The van der Waals surface area contributed by atoms with E-state index in [1.54, 1.807) is 0 Å². The van der Waals surface area contributed by atoms with Crippen LogP contribution in [0.15, 0.2) is 291 Å². The Morgan fingerprint density at radius 1 is 0.222 bits per heavy atom. The van der Waals surface area contributed by atoms with Crippen LogP contribution in [0.3, 0.4) is 0 Å². The zero-order valence-electron chi connectivity index (χ0n) is 50.5. The molecule has 2 aliphatic heterocycles. The quantitative estimate of drug-likeness (QED) is 0.171. The van der Waals surface area contributed by atoms with Crippen molar-refractivity contribution in [2.24, 2.45) is 0 Å². The van der Waals surface area contributed by atoms with E-state index in [0.29, 0.717) is 0 Å². The summed E-state index contributed by atoms with van der Waals surface area (Å²) in [7, 11) is 0. The molecule has 19 rings (SSSR count). The van der Waals surface area contributed by atoms with Gasteiger partial charge in [-0.25, -0.2) is 0 Å². The lowest BCUT2D eigenvalue weighted by Gasteiger charge is -2.37. The summed E-state index contributed by atoms with van der Waals surface area (Å²) in [6, 6.07) is 110. The van der Waals surface area contributed by atoms with Crippen molar-refractivity contribution in [3.8, 4) is 89.8 Å². The Balaban J connectivity index is 0.792. The minimum Gasteiger partial charge on any atom is -0.457 e. The van der Waals surface area contributed by atoms with E-state index in [9.17, 15) is 0 Å². The highest BCUT2D eigenvalue weighted by Gasteiger charge is 2.53. The van der Waals surface area contributed by atoms with Crippen molar-refractivity contribution in [3.05, 3.63) is 358 Å². The summed E-state index contributed by atoms with van der Waals surface area (Å²) in [5.74, 6) is 3.69. The summed E-state index contributed by atoms with van der Waals surface area (Å²) in [4.78, 5) is 0. The molecule has 0 amide bonds. The molecule has 2 heteroatoms. The number of ether oxygens (including phenoxy) is 2. The van der Waals surface area contributed by atoms with Gasteiger partial charge in [-0.3, -0.25) is 0 Å². The molecule has 2 atom stereocenters. The Labute approximate surface area is 525 Å². The Morgan fingerprint density at radius 3 is 1.37 bits per heavy atom. The van der Waals surface area contributed by atoms with E-state index in [1.165, 1.54) is 155 Å². The molecule has 3 aliphatic carbocycles. The molecule has 90 heavy (non-hydrogen) atoms. The van der Waals surface area contributed by atoms with Crippen molar-refractivity contribution < 1.29 is 9.47 Å². The molecule has 0 bridgehead atoms. The van der Waals surface area contributed by atoms with E-state index < -0.39 is 10.8 Å². The van der Waals surface area contributed by atoms with Crippen LogP contribution >= 0.6 is 0 Å². The standard InChI is InChI=1S/C88H60O2/c1-85(2)74-33-16-18-35-80(74)89-82-45-40-55(49-78(82)85)54-38-42-65-66-43-37-53-21-8-9-26-62(53)84(66)88(76(65)48-54)72-32-15-12-27-63(72)68-47-57(39-44-73(68)88)60-29-20-22-56-50-77-69(52-67(56)60)64-28-11-14-31-71(64)87(77,59-23-6-5-7-24-59)70-30-13-10-25-61(70)58-41-46-83-79(51-58)86(3,4)75-34-17-19-36-81(75)90-83/h5-52H,1-4H3. The summed E-state index contributed by atoms with van der Waals surface area (Å²) in [6.45, 7) is 9.30. The molecule has 0 saturated heterocycles. The highest BCUT2D eigenvalue weighted by molar-refractivity contribution is 6.07. The number of hydrogen-bond acceptors (Lipinski definition) is 2. The molecule has 14 aromatic carbocycles. The topological polar surface area (TPSA) is 18.5 Å². The van der Waals surface area contributed by atoms with Crippen LogP contribution in [0.4, 0.5) is 0 Å². The van der Waals surface area contributed by atoms with Gasteiger partial charge in [0.05, 0.1) is 10.8 Å². The minimum absolute atomic E-state index is 0.242. The van der Waals surface area contributed by atoms with Crippen molar-refractivity contribution >= 4 is 21.5 Å². The van der Waals surface area contributed by atoms with Gasteiger partial charge in [0.1, 0.15) is 23.0 Å². The molecule has 2 heterocycles. The first-order chi connectivity index (χ1) is 44.1. The maximum Gasteiger partial charge on any atom is 0.131 e. The largest absolute Gasteiger partial charge is 0.457 e. The number of fused-ring (bicyclic) bond motifs is 20. The number of rotatable bonds is 5. The Kier molecular flexibility index (Phi) is 10.5. The van der Waals surface area contributed by atoms with Crippen molar-refractivity contribution in [1.29, 1.82) is 0 Å². The molecular weight excluding hydrogens is 1090 g/mol. The molecular formula is C88H60O2. The van der Waals surface area contributed by atoms with Crippen LogP contribution in [0.2, 0.25) is 0 Å². The van der Waals surface area contributed by atoms with Crippen LogP contribution in [0, 0.1) is 0 Å². The van der Waals surface area contributed by atoms with Crippen molar-refractivity contribution in [2.75, 3.05) is 0 Å². The zero-order chi connectivity index (χ0) is 59.8. The zero-order valence-corrected chi connectivity index (χ0v) is 50.5. The summed E-state index contributed by atoms with van der Waals surface area (Å²) in [6.07, 6.45) is 0. The summed E-state index contributed by atoms with van der Waals surface area (Å²) in [5, 5.41) is 4.98. The van der Waals surface area contributed by atoms with Gasteiger partial charge in [-0.2, -0.15) is 0 Å². The smallest absolute Gasteiger partial charge is 0.131 e. The lowest BCUT2D eigenvalue weighted by Crippen LogP contribution is -2.29. The number of benzene rings is 14. The monoisotopic (exact) mass is 1150 g/mol. The fraction of sp³-hybridized carbons (Fsp3) is 0.0909. The second-order valence-corrected chi connectivity index (χ2v) is 26.5. The second kappa shape index (κ2) is 18.4. The number of para-hydroxylation sites is 2. The molecule has 0 radical (unpaired) electrons. The maximum absolute atomic E-state index is 6.64. The van der Waals surface area contributed by atoms with Crippen LogP contribution in [0.1, 0.15) is 94.5 Å². The van der Waals surface area contributed by atoms with E-state index >= 15 is 0 Å². The van der Waals surface area contributed by atoms with Crippen molar-refractivity contribution in [1.82, 2.24) is 0 Å². The molecule has 14 aromatic rings. The normalized spacial score (nSPS) is 17.6. The van der Waals surface area contributed by atoms with Gasteiger partial charge in [0, 0.05) is 33.1 Å². The van der Waals surface area contributed by atoms with E-state index in [1.807, 2.05) is 0 Å². The second-order valence-electron chi connectivity index (χ2n) is 26.5. The van der Waals surface area contributed by atoms with E-state index in [4.69, 9.17) is 9.47 Å². The SMILES string of the molecule is CC1(C)c2ccccc2Oc2ccc(-c3ccc4c(c3)C3(c5ccccc5-c5cc(-c6cccc7cc8c(cc67)-c6ccccc6C8(c6ccccc6)c6ccccc6-c6ccc7c(c6)C(C)(C)c6ccccc6O7)ccc53)c3c-4ccc4ccccc34)cc21. The fourth-order valence-electron chi connectivity index (χ4n) is 17.4. The lowest BCUT2D eigenvalue weighted by atomic mass is 9.65. The van der Waals surface area contributed by atoms with E-state index in [2.05, 4.69) is 319 Å². The molecule has 0 aromatic heterocycles. The van der Waals surface area contributed by atoms with Crippen LogP contribution in [-0.2, 0) is 21.7 Å². The maximum atomic E-state index is 6.64. The molecule has 5 aliphatic rings. The van der Waals surface area contributed by atoms with E-state index in [-0.39, 0.29) is 10.8 Å². The van der Waals surface area contributed by atoms with Crippen molar-refractivity contribution in [3.63, 3.8) is 0 Å². The third-order valence-corrected chi connectivity index (χ3v) is 21.5. The van der Waals surface area contributed by atoms with Gasteiger partial charge in [-0.1, -0.05) is 258 Å². The predicted octanol–water partition coefficient (Wildman–Crippen LogP) is 22.6. The Bertz CT molecular complexity index is 5450. The minimum atomic E-state index is -0.650. The Hall–Kier alpha value is -10.8. The van der Waals surface area contributed by atoms with Gasteiger partial charge in [0.15, 0.2) is 0 Å². The van der Waals surface area contributed by atoms with Gasteiger partial charge in [0.2, 0.25) is 0 Å². The third kappa shape index (κ3) is 6.72. The summed E-state index contributed by atoms with van der Waals surface area (Å²) < 4.78 is 13.2. The van der Waals surface area contributed by atoms with Gasteiger partial charge >= 0.3 is 0 Å². The lowest BCUT2D eigenvalue weighted by molar-refractivity contribution is 0.418. The van der Waals surface area contributed by atoms with E-state index in [0.717, 1.165) is 23.0 Å². The average Bonchev–Trinajstić information content (AvgIpc) is 1.50. The predicted molar refractivity (Wildman–Crippen MR) is 369 cm³/mol. The van der Waals surface area contributed by atoms with Crippen LogP contribution in [0.25, 0.3) is 88.3 Å². The first-order valence-corrected chi connectivity index (χ1v) is 31.7. The average molecular weight is 1150 g/mol. The molecule has 424 valence electrons. The summed E-state index contributed by atoms with van der Waals surface area (Å²) >= 11 is 0. The molecule has 1 spiro atoms. The summed E-state index contributed by atoms with van der Waals surface area (Å²) in [5.41, 5.74) is 28.2. The first-order valence-electron chi connectivity index (χ1n) is 31.7. The molecule has 0 saturated carbocycles. The van der Waals surface area contributed by atoms with Gasteiger partial charge < -0.3 is 9.47 Å². The molecule has 0 N–H and O–H groups in total. The van der Waals surface area contributed by atoms with Gasteiger partial charge in [-0.15, -0.1) is 0 Å². The van der Waals surface area contributed by atoms with Gasteiger partial charge in [0.25, 0.3) is 0 Å². The fourth-order valence-corrected chi connectivity index (χ4v) is 17.4. The van der Waals surface area contributed by atoms with Crippen LogP contribution in [0.5, 0.6) is 23.0 Å². The highest BCUT2D eigenvalue weighted by atomic mass is 16.5. The van der Waals surface area contributed by atoms with Crippen LogP contribution in [-0.4, -0.2) is 0 Å². The van der Waals surface area contributed by atoms with Crippen molar-refractivity contribution in [2.45, 2.75) is 49.4 Å². The third-order valence-electron chi connectivity index (χ3n) is 21.5. The molecule has 2 nitrogen and oxygen atoms in total. The van der Waals surface area contributed by atoms with Crippen LogP contribution < -0.4 is 9.47 Å². The number of hydrogen-bond donors (Lipinski definition) is 0. The highest BCUT2D eigenvalue weighted by Crippen LogP contribution is 2.66. The Morgan fingerprint density at radius 2 is 0.667 bits per heavy atom. The first kappa shape index (κ1) is 51.3. The van der Waals surface area contributed by atoms with Gasteiger partial charge in [-0.05, 0) is 193 Å². The molecule has 0 fully saturated rings.